The van der Waals surface area contributed by atoms with Crippen LogP contribution in [0.15, 0.2) is 103 Å². The Bertz CT molecular complexity index is 1050. The van der Waals surface area contributed by atoms with Gasteiger partial charge in [-0.05, 0) is 65.3 Å². The molecule has 2 N–H and O–H groups in total. The summed E-state index contributed by atoms with van der Waals surface area (Å²) in [7, 11) is 0. The molecule has 4 aromatic carbocycles. The van der Waals surface area contributed by atoms with Gasteiger partial charge >= 0.3 is 0 Å². The molecule has 164 valence electrons. The second-order valence-corrected chi connectivity index (χ2v) is 8.06. The Labute approximate surface area is 191 Å². The van der Waals surface area contributed by atoms with Gasteiger partial charge in [-0.3, -0.25) is 0 Å². The predicted molar refractivity (Wildman–Crippen MR) is 133 cm³/mol. The van der Waals surface area contributed by atoms with Gasteiger partial charge in [-0.2, -0.15) is 0 Å². The monoisotopic (exact) mass is 424 g/mol. The van der Waals surface area contributed by atoms with Crippen LogP contribution in [0.4, 0.5) is 0 Å². The molecule has 4 rings (SSSR count). The minimum atomic E-state index is 0.352. The summed E-state index contributed by atoms with van der Waals surface area (Å²) in [5.41, 5.74) is 6.02. The lowest BCUT2D eigenvalue weighted by Crippen LogP contribution is -1.93. The van der Waals surface area contributed by atoms with Crippen LogP contribution in [0.2, 0.25) is 0 Å². The van der Waals surface area contributed by atoms with E-state index < -0.39 is 0 Å². The van der Waals surface area contributed by atoms with Crippen molar-refractivity contribution in [3.05, 3.63) is 131 Å². The van der Waals surface area contributed by atoms with E-state index in [0.29, 0.717) is 11.5 Å². The molecule has 0 unspecified atom stereocenters. The fourth-order valence-corrected chi connectivity index (χ4v) is 3.58. The number of phenols is 2. The zero-order chi connectivity index (χ0) is 22.6. The van der Waals surface area contributed by atoms with Crippen LogP contribution in [0.25, 0.3) is 0 Å². The number of hydrogen-bond donors (Lipinski definition) is 2. The van der Waals surface area contributed by atoms with E-state index in [9.17, 15) is 5.11 Å². The Kier molecular flexibility index (Phi) is 8.94. The Morgan fingerprint density at radius 1 is 0.562 bits per heavy atom. The van der Waals surface area contributed by atoms with E-state index in [1.807, 2.05) is 42.5 Å². The van der Waals surface area contributed by atoms with Crippen molar-refractivity contribution in [1.82, 2.24) is 0 Å². The first-order chi connectivity index (χ1) is 15.6. The Balaban J connectivity index is 0.000000222. The maximum Gasteiger partial charge on any atom is 0.119 e. The van der Waals surface area contributed by atoms with Crippen LogP contribution in [0.3, 0.4) is 0 Å². The van der Waals surface area contributed by atoms with Crippen molar-refractivity contribution in [3.63, 3.8) is 0 Å². The van der Waals surface area contributed by atoms with Crippen LogP contribution in [0, 0.1) is 0 Å². The van der Waals surface area contributed by atoms with Gasteiger partial charge in [0.2, 0.25) is 0 Å². The highest BCUT2D eigenvalue weighted by Gasteiger charge is 2.05. The standard InChI is InChI=1S/C20H18O.C10H14O/c21-20-12-11-18(13-16-7-3-1-4-8-16)15-19(20)14-17-9-5-2-6-10-17;1-2-3-4-9-5-7-10(11)8-6-9/h1-12,15,21H,13-14H2;5-8,11H,2-4H2,1H3. The highest BCUT2D eigenvalue weighted by atomic mass is 16.3. The quantitative estimate of drug-likeness (QED) is 0.326. The van der Waals surface area contributed by atoms with E-state index in [2.05, 4.69) is 49.4 Å². The molecule has 0 aliphatic heterocycles. The largest absolute Gasteiger partial charge is 0.508 e. The fourth-order valence-electron chi connectivity index (χ4n) is 3.58. The van der Waals surface area contributed by atoms with Gasteiger partial charge in [-0.1, -0.05) is 98.3 Å². The lowest BCUT2D eigenvalue weighted by Gasteiger charge is -2.08. The Morgan fingerprint density at radius 3 is 1.72 bits per heavy atom. The molecule has 0 spiro atoms. The Morgan fingerprint density at radius 2 is 1.12 bits per heavy atom. The third-order valence-corrected chi connectivity index (χ3v) is 5.39. The molecule has 0 amide bonds. The number of unbranched alkanes of at least 4 members (excludes halogenated alkanes) is 1. The van der Waals surface area contributed by atoms with Crippen molar-refractivity contribution >= 4 is 0 Å². The van der Waals surface area contributed by atoms with Crippen molar-refractivity contribution < 1.29 is 10.2 Å². The van der Waals surface area contributed by atoms with Gasteiger partial charge in [0.1, 0.15) is 11.5 Å². The summed E-state index contributed by atoms with van der Waals surface area (Å²) in [4.78, 5) is 0. The van der Waals surface area contributed by atoms with Crippen molar-refractivity contribution in [1.29, 1.82) is 0 Å². The van der Waals surface area contributed by atoms with Gasteiger partial charge in [-0.15, -0.1) is 0 Å². The van der Waals surface area contributed by atoms with E-state index in [1.165, 1.54) is 35.1 Å². The molecule has 0 saturated heterocycles. The molecule has 0 aliphatic carbocycles. The summed E-state index contributed by atoms with van der Waals surface area (Å²) < 4.78 is 0. The molecule has 0 radical (unpaired) electrons. The van der Waals surface area contributed by atoms with Crippen LogP contribution in [-0.4, -0.2) is 10.2 Å². The van der Waals surface area contributed by atoms with Crippen LogP contribution < -0.4 is 0 Å². The highest BCUT2D eigenvalue weighted by molar-refractivity contribution is 5.41. The van der Waals surface area contributed by atoms with Gasteiger partial charge in [0, 0.05) is 6.42 Å². The topological polar surface area (TPSA) is 40.5 Å². The average molecular weight is 425 g/mol. The predicted octanol–water partition coefficient (Wildman–Crippen LogP) is 7.31. The lowest BCUT2D eigenvalue weighted by atomic mass is 9.98. The van der Waals surface area contributed by atoms with Crippen molar-refractivity contribution in [2.24, 2.45) is 0 Å². The Hall–Kier alpha value is -3.52. The second kappa shape index (κ2) is 12.4. The molecule has 32 heavy (non-hydrogen) atoms. The number of phenolic OH excluding ortho intramolecular Hbond substituents is 2. The summed E-state index contributed by atoms with van der Waals surface area (Å²) >= 11 is 0. The maximum absolute atomic E-state index is 10.1. The summed E-state index contributed by atoms with van der Waals surface area (Å²) in [6.07, 6.45) is 5.22. The summed E-state index contributed by atoms with van der Waals surface area (Å²) in [5.74, 6) is 0.723. The fraction of sp³-hybridized carbons (Fsp3) is 0.200. The van der Waals surface area contributed by atoms with Gasteiger partial charge in [0.15, 0.2) is 0 Å². The molecular formula is C30H32O2. The van der Waals surface area contributed by atoms with Gasteiger partial charge in [-0.25, -0.2) is 0 Å². The number of hydrogen-bond acceptors (Lipinski definition) is 2. The molecule has 4 aromatic rings. The maximum atomic E-state index is 10.1. The first-order valence-corrected chi connectivity index (χ1v) is 11.3. The molecule has 0 atom stereocenters. The van der Waals surface area contributed by atoms with E-state index >= 15 is 0 Å². The highest BCUT2D eigenvalue weighted by Crippen LogP contribution is 2.23. The first-order valence-electron chi connectivity index (χ1n) is 11.3. The van der Waals surface area contributed by atoms with Crippen LogP contribution >= 0.6 is 0 Å². The average Bonchev–Trinajstić information content (AvgIpc) is 2.83. The van der Waals surface area contributed by atoms with Crippen molar-refractivity contribution in [2.75, 3.05) is 0 Å². The van der Waals surface area contributed by atoms with Crippen LogP contribution in [-0.2, 0) is 19.3 Å². The molecule has 2 heteroatoms. The number of aromatic hydroxyl groups is 2. The zero-order valence-corrected chi connectivity index (χ0v) is 18.7. The number of aryl methyl sites for hydroxylation is 1. The van der Waals surface area contributed by atoms with E-state index in [4.69, 9.17) is 5.11 Å². The minimum Gasteiger partial charge on any atom is -0.508 e. The van der Waals surface area contributed by atoms with Gasteiger partial charge < -0.3 is 10.2 Å². The molecule has 0 saturated carbocycles. The third-order valence-electron chi connectivity index (χ3n) is 5.39. The summed E-state index contributed by atoms with van der Waals surface area (Å²) in [5, 5.41) is 19.0. The number of benzene rings is 4. The number of rotatable bonds is 7. The second-order valence-electron chi connectivity index (χ2n) is 8.06. The summed E-state index contributed by atoms with van der Waals surface area (Å²) in [6, 6.07) is 34.0. The molecule has 0 aromatic heterocycles. The van der Waals surface area contributed by atoms with E-state index in [0.717, 1.165) is 24.8 Å². The molecule has 2 nitrogen and oxygen atoms in total. The molecule has 0 heterocycles. The van der Waals surface area contributed by atoms with Crippen LogP contribution in [0.1, 0.15) is 47.6 Å². The molecule has 0 fully saturated rings. The van der Waals surface area contributed by atoms with Crippen LogP contribution in [0.5, 0.6) is 11.5 Å². The first kappa shape index (κ1) is 23.1. The van der Waals surface area contributed by atoms with E-state index in [-0.39, 0.29) is 0 Å². The molecule has 0 bridgehead atoms. The molecule has 0 aliphatic rings. The summed E-state index contributed by atoms with van der Waals surface area (Å²) in [6.45, 7) is 2.18. The normalized spacial score (nSPS) is 10.3. The third kappa shape index (κ3) is 7.63. The van der Waals surface area contributed by atoms with Crippen molar-refractivity contribution in [3.8, 4) is 11.5 Å². The minimum absolute atomic E-state index is 0.352. The van der Waals surface area contributed by atoms with Gasteiger partial charge in [0.05, 0.1) is 0 Å². The van der Waals surface area contributed by atoms with Crippen molar-refractivity contribution in [2.45, 2.75) is 39.0 Å². The smallest absolute Gasteiger partial charge is 0.119 e. The SMILES string of the molecule is CCCCc1ccc(O)cc1.Oc1ccc(Cc2ccccc2)cc1Cc1ccccc1. The zero-order valence-electron chi connectivity index (χ0n) is 18.7. The lowest BCUT2D eigenvalue weighted by molar-refractivity contribution is 0.469. The van der Waals surface area contributed by atoms with Gasteiger partial charge in [0.25, 0.3) is 0 Å². The molecular weight excluding hydrogens is 392 g/mol. The van der Waals surface area contributed by atoms with E-state index in [1.54, 1.807) is 18.2 Å².